The number of carbonyl (C=O) groups excluding carboxylic acids is 2. The zero-order valence-corrected chi connectivity index (χ0v) is 18.0. The highest BCUT2D eigenvalue weighted by molar-refractivity contribution is 8.00. The van der Waals surface area contributed by atoms with Crippen LogP contribution in [0.1, 0.15) is 55.3 Å². The second kappa shape index (κ2) is 11.3. The second-order valence-corrected chi connectivity index (χ2v) is 8.75. The van der Waals surface area contributed by atoms with Crippen molar-refractivity contribution in [3.8, 4) is 0 Å². The molecule has 1 saturated carbocycles. The molecule has 6 heteroatoms. The van der Waals surface area contributed by atoms with Gasteiger partial charge >= 0.3 is 0 Å². The number of thioether (sulfide) groups is 1. The van der Waals surface area contributed by atoms with Gasteiger partial charge in [-0.1, -0.05) is 68.0 Å². The van der Waals surface area contributed by atoms with Gasteiger partial charge in [0.1, 0.15) is 0 Å². The Labute approximate surface area is 181 Å². The quantitative estimate of drug-likeness (QED) is 0.559. The van der Waals surface area contributed by atoms with Gasteiger partial charge in [0.05, 0.1) is 22.0 Å². The highest BCUT2D eigenvalue weighted by atomic mass is 35.5. The van der Waals surface area contributed by atoms with Crippen LogP contribution in [0.4, 0.5) is 5.69 Å². The van der Waals surface area contributed by atoms with E-state index in [1.807, 2.05) is 30.3 Å². The second-order valence-electron chi connectivity index (χ2n) is 7.33. The molecule has 4 nitrogen and oxygen atoms in total. The maximum atomic E-state index is 12.7. The van der Waals surface area contributed by atoms with Gasteiger partial charge in [0, 0.05) is 10.9 Å². The molecule has 3 rings (SSSR count). The highest BCUT2D eigenvalue weighted by Crippen LogP contribution is 2.26. The summed E-state index contributed by atoms with van der Waals surface area (Å²) in [4.78, 5) is 26.0. The predicted molar refractivity (Wildman–Crippen MR) is 121 cm³/mol. The van der Waals surface area contributed by atoms with Crippen molar-refractivity contribution >= 4 is 40.9 Å². The van der Waals surface area contributed by atoms with E-state index in [0.29, 0.717) is 22.0 Å². The maximum Gasteiger partial charge on any atom is 0.256 e. The zero-order valence-electron chi connectivity index (χ0n) is 16.5. The molecule has 2 aromatic rings. The van der Waals surface area contributed by atoms with Crippen molar-refractivity contribution in [1.82, 2.24) is 5.32 Å². The molecule has 0 heterocycles. The van der Waals surface area contributed by atoms with Gasteiger partial charge in [0.15, 0.2) is 0 Å². The Morgan fingerprint density at radius 3 is 2.34 bits per heavy atom. The molecule has 0 unspecified atom stereocenters. The van der Waals surface area contributed by atoms with Crippen LogP contribution in [0.3, 0.4) is 0 Å². The number of halogens is 1. The first-order valence-electron chi connectivity index (χ1n) is 10.2. The molecule has 0 radical (unpaired) electrons. The molecule has 0 saturated heterocycles. The van der Waals surface area contributed by atoms with Crippen molar-refractivity contribution in [2.24, 2.45) is 0 Å². The van der Waals surface area contributed by atoms with Crippen molar-refractivity contribution in [2.45, 2.75) is 55.9 Å². The Morgan fingerprint density at radius 2 is 1.59 bits per heavy atom. The fourth-order valence-corrected chi connectivity index (χ4v) is 4.59. The molecule has 1 aliphatic carbocycles. The van der Waals surface area contributed by atoms with Crippen molar-refractivity contribution in [3.05, 3.63) is 59.1 Å². The summed E-state index contributed by atoms with van der Waals surface area (Å²) in [5.74, 6) is 0.0934. The van der Waals surface area contributed by atoms with Gasteiger partial charge in [0.2, 0.25) is 5.91 Å². The first-order valence-corrected chi connectivity index (χ1v) is 11.6. The number of nitrogens with one attached hydrogen (secondary N) is 2. The molecular formula is C23H27ClN2O2S. The fraction of sp³-hybridized carbons (Fsp3) is 0.391. The number of anilines is 1. The third-order valence-electron chi connectivity index (χ3n) is 5.08. The summed E-state index contributed by atoms with van der Waals surface area (Å²) in [6, 6.07) is 14.7. The average molecular weight is 431 g/mol. The Morgan fingerprint density at radius 1 is 0.931 bits per heavy atom. The summed E-state index contributed by atoms with van der Waals surface area (Å²) < 4.78 is 0. The molecule has 29 heavy (non-hydrogen) atoms. The number of carbonyl (C=O) groups is 2. The highest BCUT2D eigenvalue weighted by Gasteiger charge is 2.16. The minimum absolute atomic E-state index is 0.0295. The molecule has 154 valence electrons. The monoisotopic (exact) mass is 430 g/mol. The van der Waals surface area contributed by atoms with Gasteiger partial charge in [-0.05, 0) is 37.1 Å². The van der Waals surface area contributed by atoms with Crippen LogP contribution >= 0.6 is 23.4 Å². The van der Waals surface area contributed by atoms with Crippen LogP contribution < -0.4 is 10.6 Å². The molecule has 1 fully saturated rings. The van der Waals surface area contributed by atoms with E-state index in [2.05, 4.69) is 10.6 Å². The van der Waals surface area contributed by atoms with Gasteiger partial charge < -0.3 is 10.6 Å². The Balaban J connectivity index is 1.58. The number of amides is 2. The van der Waals surface area contributed by atoms with Crippen LogP contribution in [-0.2, 0) is 4.79 Å². The van der Waals surface area contributed by atoms with E-state index in [9.17, 15) is 9.59 Å². The maximum absolute atomic E-state index is 12.7. The molecule has 2 amide bonds. The van der Waals surface area contributed by atoms with Crippen LogP contribution in [0.25, 0.3) is 0 Å². The normalized spacial score (nSPS) is 15.2. The van der Waals surface area contributed by atoms with E-state index in [0.717, 1.165) is 17.7 Å². The number of rotatable bonds is 6. The zero-order chi connectivity index (χ0) is 20.5. The molecule has 2 N–H and O–H groups in total. The summed E-state index contributed by atoms with van der Waals surface area (Å²) in [6.07, 6.45) is 8.32. The van der Waals surface area contributed by atoms with E-state index in [4.69, 9.17) is 11.6 Å². The Hall–Kier alpha value is -1.98. The van der Waals surface area contributed by atoms with Crippen molar-refractivity contribution in [3.63, 3.8) is 0 Å². The standard InChI is InChI=1S/C23H27ClN2O2S/c24-19-13-7-8-14-20(19)26-23(28)18-12-6-9-15-21(18)29-16-22(27)25-17-10-4-2-1-3-5-11-17/h6-9,12-15,17H,1-5,10-11,16H2,(H,25,27)(H,26,28). The van der Waals surface area contributed by atoms with E-state index < -0.39 is 0 Å². The smallest absolute Gasteiger partial charge is 0.256 e. The Bertz CT molecular complexity index is 835. The first-order chi connectivity index (χ1) is 14.1. The van der Waals surface area contributed by atoms with Crippen LogP contribution in [0, 0.1) is 0 Å². The first kappa shape index (κ1) is 21.7. The number of benzene rings is 2. The van der Waals surface area contributed by atoms with Gasteiger partial charge in [0.25, 0.3) is 5.91 Å². The van der Waals surface area contributed by atoms with Gasteiger partial charge in [-0.15, -0.1) is 11.8 Å². The lowest BCUT2D eigenvalue weighted by Gasteiger charge is -2.21. The molecular weight excluding hydrogens is 404 g/mol. The lowest BCUT2D eigenvalue weighted by molar-refractivity contribution is -0.119. The minimum Gasteiger partial charge on any atom is -0.353 e. The third kappa shape index (κ3) is 6.79. The summed E-state index contributed by atoms with van der Waals surface area (Å²) in [6.45, 7) is 0. The lowest BCUT2D eigenvalue weighted by atomic mass is 9.97. The van der Waals surface area contributed by atoms with Crippen molar-refractivity contribution < 1.29 is 9.59 Å². The van der Waals surface area contributed by atoms with Crippen LogP contribution in [-0.4, -0.2) is 23.6 Å². The third-order valence-corrected chi connectivity index (χ3v) is 6.49. The van der Waals surface area contributed by atoms with E-state index in [1.165, 1.54) is 43.9 Å². The molecule has 0 atom stereocenters. The van der Waals surface area contributed by atoms with Gasteiger partial charge in [-0.3, -0.25) is 9.59 Å². The van der Waals surface area contributed by atoms with E-state index in [-0.39, 0.29) is 17.9 Å². The topological polar surface area (TPSA) is 58.2 Å². The number of hydrogen-bond acceptors (Lipinski definition) is 3. The lowest BCUT2D eigenvalue weighted by Crippen LogP contribution is -2.36. The van der Waals surface area contributed by atoms with Crippen molar-refractivity contribution in [1.29, 1.82) is 0 Å². The SMILES string of the molecule is O=C(CSc1ccccc1C(=O)Nc1ccccc1Cl)NC1CCCCCCC1. The predicted octanol–water partition coefficient (Wildman–Crippen LogP) is 5.91. The molecule has 0 aromatic heterocycles. The van der Waals surface area contributed by atoms with Crippen molar-refractivity contribution in [2.75, 3.05) is 11.1 Å². The number of hydrogen-bond donors (Lipinski definition) is 2. The van der Waals surface area contributed by atoms with Crippen LogP contribution in [0.15, 0.2) is 53.4 Å². The van der Waals surface area contributed by atoms with E-state index in [1.54, 1.807) is 18.2 Å². The summed E-state index contributed by atoms with van der Waals surface area (Å²) in [5.41, 5.74) is 1.11. The molecule has 2 aromatic carbocycles. The molecule has 0 aliphatic heterocycles. The summed E-state index contributed by atoms with van der Waals surface area (Å²) in [7, 11) is 0. The Kier molecular flexibility index (Phi) is 8.44. The number of para-hydroxylation sites is 1. The minimum atomic E-state index is -0.235. The molecule has 0 spiro atoms. The van der Waals surface area contributed by atoms with Gasteiger partial charge in [-0.25, -0.2) is 0 Å². The average Bonchev–Trinajstić information content (AvgIpc) is 2.70. The van der Waals surface area contributed by atoms with E-state index >= 15 is 0 Å². The molecule has 0 bridgehead atoms. The largest absolute Gasteiger partial charge is 0.353 e. The van der Waals surface area contributed by atoms with Gasteiger partial charge in [-0.2, -0.15) is 0 Å². The molecule has 1 aliphatic rings. The van der Waals surface area contributed by atoms with Crippen LogP contribution in [0.5, 0.6) is 0 Å². The summed E-state index contributed by atoms with van der Waals surface area (Å²) in [5, 5.41) is 6.51. The fourth-order valence-electron chi connectivity index (χ4n) is 3.55. The summed E-state index contributed by atoms with van der Waals surface area (Å²) >= 11 is 7.53. The van der Waals surface area contributed by atoms with Crippen LogP contribution in [0.2, 0.25) is 5.02 Å².